The Morgan fingerprint density at radius 2 is 1.93 bits per heavy atom. The summed E-state index contributed by atoms with van der Waals surface area (Å²) < 4.78 is 9.67. The van der Waals surface area contributed by atoms with Crippen LogP contribution in [0, 0.1) is 0 Å². The van der Waals surface area contributed by atoms with Crippen LogP contribution in [-0.4, -0.2) is 74.6 Å². The number of carbonyl (C=O) groups is 3. The molecule has 7 N–H and O–H groups in total. The van der Waals surface area contributed by atoms with Gasteiger partial charge in [0.05, 0.1) is 13.2 Å². The molecule has 0 radical (unpaired) electrons. The van der Waals surface area contributed by atoms with Crippen LogP contribution in [0.2, 0.25) is 5.15 Å². The number of ether oxygens (including phenoxy) is 1. The smallest absolute Gasteiger partial charge is 0.277 e. The number of benzene rings is 1. The molecular weight excluding hydrogens is 554 g/mol. The fourth-order valence-electron chi connectivity index (χ4n) is 4.96. The van der Waals surface area contributed by atoms with Crippen LogP contribution in [-0.2, 0) is 29.2 Å². The Morgan fingerprint density at radius 3 is 2.59 bits per heavy atom. The first-order valence-corrected chi connectivity index (χ1v) is 13.7. The molecule has 1 aromatic carbocycles. The SMILES string of the molecule is CC[n+]1c(CNC(=O)c2nc(Cl)c(N)nc2N)n(CCO)c2cc(OCC(=O)NC3CCN(C(C)=O)CC3)ccc21. The Labute approximate surface area is 241 Å². The zero-order valence-corrected chi connectivity index (χ0v) is 23.8. The van der Waals surface area contributed by atoms with E-state index in [2.05, 4.69) is 20.6 Å². The van der Waals surface area contributed by atoms with Crippen molar-refractivity contribution in [2.75, 3.05) is 37.8 Å². The molecule has 1 fully saturated rings. The predicted molar refractivity (Wildman–Crippen MR) is 151 cm³/mol. The maximum absolute atomic E-state index is 12.8. The number of imidazole rings is 1. The van der Waals surface area contributed by atoms with Gasteiger partial charge in [0.25, 0.3) is 17.6 Å². The molecule has 220 valence electrons. The van der Waals surface area contributed by atoms with E-state index >= 15 is 0 Å². The Morgan fingerprint density at radius 1 is 1.20 bits per heavy atom. The predicted octanol–water partition coefficient (Wildman–Crippen LogP) is -0.0153. The van der Waals surface area contributed by atoms with Gasteiger partial charge in [-0.1, -0.05) is 11.6 Å². The Bertz CT molecular complexity index is 1450. The van der Waals surface area contributed by atoms with Gasteiger partial charge in [0.15, 0.2) is 40.1 Å². The number of rotatable bonds is 10. The van der Waals surface area contributed by atoms with Gasteiger partial charge in [-0.2, -0.15) is 0 Å². The van der Waals surface area contributed by atoms with Crippen LogP contribution in [0.15, 0.2) is 18.2 Å². The summed E-state index contributed by atoms with van der Waals surface area (Å²) in [6.07, 6.45) is 1.40. The molecule has 41 heavy (non-hydrogen) atoms. The van der Waals surface area contributed by atoms with Crippen molar-refractivity contribution in [3.63, 3.8) is 0 Å². The summed E-state index contributed by atoms with van der Waals surface area (Å²) in [5, 5.41) is 15.4. The highest BCUT2D eigenvalue weighted by Crippen LogP contribution is 2.22. The summed E-state index contributed by atoms with van der Waals surface area (Å²) >= 11 is 5.92. The highest BCUT2D eigenvalue weighted by Gasteiger charge is 2.27. The number of amides is 3. The average molecular weight is 589 g/mol. The van der Waals surface area contributed by atoms with Crippen LogP contribution >= 0.6 is 11.6 Å². The number of fused-ring (bicyclic) bond motifs is 1. The minimum Gasteiger partial charge on any atom is -0.484 e. The number of aliphatic hydroxyl groups excluding tert-OH is 1. The average Bonchev–Trinajstić information content (AvgIpc) is 3.24. The number of halogens is 1. The van der Waals surface area contributed by atoms with Crippen molar-refractivity contribution in [1.29, 1.82) is 0 Å². The van der Waals surface area contributed by atoms with Crippen molar-refractivity contribution in [3.8, 4) is 5.75 Å². The highest BCUT2D eigenvalue weighted by atomic mass is 35.5. The van der Waals surface area contributed by atoms with Crippen molar-refractivity contribution in [2.24, 2.45) is 0 Å². The van der Waals surface area contributed by atoms with Gasteiger partial charge in [-0.05, 0) is 31.9 Å². The topological polar surface area (TPSA) is 195 Å². The molecule has 0 unspecified atom stereocenters. The number of piperidine rings is 1. The zero-order chi connectivity index (χ0) is 29.7. The number of aryl methyl sites for hydroxylation is 1. The van der Waals surface area contributed by atoms with Gasteiger partial charge < -0.3 is 36.8 Å². The lowest BCUT2D eigenvalue weighted by atomic mass is 10.1. The summed E-state index contributed by atoms with van der Waals surface area (Å²) in [5.74, 6) is 0.199. The van der Waals surface area contributed by atoms with E-state index in [1.165, 1.54) is 0 Å². The normalized spacial score (nSPS) is 13.8. The van der Waals surface area contributed by atoms with Gasteiger partial charge in [-0.3, -0.25) is 14.4 Å². The first kappa shape index (κ1) is 29.8. The molecular formula is C26H35ClN9O5+. The molecule has 1 aliphatic rings. The standard InChI is InChI=1S/C26H34ClN9O5/c1-3-35-18-5-4-17(41-14-20(39)31-16-6-8-34(9-7-16)15(2)38)12-19(18)36(10-11-37)21(35)13-30-26(40)22-24(28)33-25(29)23(27)32-22/h4-5,12,16,37H,3,6-11,13-14H2,1-2H3,(H5-,28,29,30,31,33,39,40)/p+1. The number of likely N-dealkylation sites (tertiary alicyclic amines) is 1. The van der Waals surface area contributed by atoms with Crippen LogP contribution in [0.25, 0.3) is 11.0 Å². The molecule has 0 saturated carbocycles. The van der Waals surface area contributed by atoms with Crippen LogP contribution < -0.4 is 31.4 Å². The van der Waals surface area contributed by atoms with Crippen molar-refractivity contribution < 1.29 is 28.8 Å². The summed E-state index contributed by atoms with van der Waals surface area (Å²) in [5.41, 5.74) is 12.9. The van der Waals surface area contributed by atoms with Gasteiger partial charge in [-0.15, -0.1) is 0 Å². The van der Waals surface area contributed by atoms with Gasteiger partial charge in [0.2, 0.25) is 5.91 Å². The third-order valence-electron chi connectivity index (χ3n) is 6.99. The second-order valence-corrected chi connectivity index (χ2v) is 10.00. The molecule has 0 bridgehead atoms. The first-order valence-electron chi connectivity index (χ1n) is 13.3. The molecule has 3 amide bonds. The Balaban J connectivity index is 1.47. The van der Waals surface area contributed by atoms with Gasteiger partial charge in [0.1, 0.15) is 18.8 Å². The summed E-state index contributed by atoms with van der Waals surface area (Å²) in [4.78, 5) is 46.5. The molecule has 0 atom stereocenters. The lowest BCUT2D eigenvalue weighted by Gasteiger charge is -2.31. The molecule has 0 spiro atoms. The lowest BCUT2D eigenvalue weighted by Crippen LogP contribution is -2.47. The maximum atomic E-state index is 12.8. The summed E-state index contributed by atoms with van der Waals surface area (Å²) in [6, 6.07) is 5.43. The number of hydrogen-bond donors (Lipinski definition) is 5. The molecule has 3 heterocycles. The number of nitrogens with zero attached hydrogens (tertiary/aromatic N) is 5. The van der Waals surface area contributed by atoms with E-state index in [4.69, 9.17) is 27.8 Å². The quantitative estimate of drug-likeness (QED) is 0.202. The number of nitrogen functional groups attached to an aromatic ring is 2. The lowest BCUT2D eigenvalue weighted by molar-refractivity contribution is -0.676. The van der Waals surface area contributed by atoms with Crippen LogP contribution in [0.4, 0.5) is 11.6 Å². The minimum absolute atomic E-state index is 0.00199. The fourth-order valence-corrected chi connectivity index (χ4v) is 5.09. The number of nitrogens with two attached hydrogens (primary N) is 2. The molecule has 4 rings (SSSR count). The third-order valence-corrected chi connectivity index (χ3v) is 7.27. The maximum Gasteiger partial charge on any atom is 0.277 e. The van der Waals surface area contributed by atoms with E-state index in [0.29, 0.717) is 44.0 Å². The van der Waals surface area contributed by atoms with Crippen LogP contribution in [0.3, 0.4) is 0 Å². The first-order chi connectivity index (χ1) is 19.6. The van der Waals surface area contributed by atoms with Crippen LogP contribution in [0.5, 0.6) is 5.75 Å². The number of hydrogen-bond acceptors (Lipinski definition) is 9. The third kappa shape index (κ3) is 6.77. The van der Waals surface area contributed by atoms with E-state index in [1.54, 1.807) is 24.0 Å². The van der Waals surface area contributed by atoms with Gasteiger partial charge >= 0.3 is 0 Å². The molecule has 15 heteroatoms. The van der Waals surface area contributed by atoms with E-state index in [9.17, 15) is 19.5 Å². The zero-order valence-electron chi connectivity index (χ0n) is 23.0. The van der Waals surface area contributed by atoms with E-state index < -0.39 is 5.91 Å². The largest absolute Gasteiger partial charge is 0.484 e. The molecule has 14 nitrogen and oxygen atoms in total. The number of nitrogens with one attached hydrogen (secondary N) is 2. The Hall–Kier alpha value is -4.17. The second kappa shape index (κ2) is 13.0. The minimum atomic E-state index is -0.581. The summed E-state index contributed by atoms with van der Waals surface area (Å²) in [6.45, 7) is 5.37. The van der Waals surface area contributed by atoms with Gasteiger partial charge in [-0.25, -0.2) is 19.1 Å². The number of anilines is 2. The number of aromatic nitrogens is 4. The van der Waals surface area contributed by atoms with E-state index in [-0.39, 0.29) is 66.6 Å². The molecule has 1 aliphatic heterocycles. The fraction of sp³-hybridized carbons (Fsp3) is 0.462. The number of carbonyl (C=O) groups excluding carboxylic acids is 3. The van der Waals surface area contributed by atoms with Crippen molar-refractivity contribution in [1.82, 2.24) is 30.1 Å². The van der Waals surface area contributed by atoms with E-state index in [1.807, 2.05) is 22.1 Å². The second-order valence-electron chi connectivity index (χ2n) is 9.64. The van der Waals surface area contributed by atoms with Crippen molar-refractivity contribution in [2.45, 2.75) is 52.4 Å². The van der Waals surface area contributed by atoms with Crippen LogP contribution in [0.1, 0.15) is 43.0 Å². The Kier molecular flexibility index (Phi) is 9.45. The van der Waals surface area contributed by atoms with E-state index in [0.717, 1.165) is 11.0 Å². The van der Waals surface area contributed by atoms with Crippen molar-refractivity contribution >= 4 is 52.0 Å². The number of aliphatic hydroxyl groups is 1. The summed E-state index contributed by atoms with van der Waals surface area (Å²) in [7, 11) is 0. The molecule has 1 saturated heterocycles. The van der Waals surface area contributed by atoms with Crippen molar-refractivity contribution in [3.05, 3.63) is 34.9 Å². The molecule has 2 aromatic heterocycles. The highest BCUT2D eigenvalue weighted by molar-refractivity contribution is 6.31. The molecule has 0 aliphatic carbocycles. The molecule has 3 aromatic rings. The van der Waals surface area contributed by atoms with Gasteiger partial charge in [0, 0.05) is 32.1 Å². The monoisotopic (exact) mass is 588 g/mol.